The first kappa shape index (κ1) is 21.9. The lowest BCUT2D eigenvalue weighted by Gasteiger charge is -2.12. The topological polar surface area (TPSA) is 92.3 Å². The number of hydrogen-bond acceptors (Lipinski definition) is 4. The van der Waals surface area contributed by atoms with E-state index in [1.165, 1.54) is 24.3 Å². The number of nitrogens with one attached hydrogen (secondary N) is 2. The summed E-state index contributed by atoms with van der Waals surface area (Å²) in [4.78, 5) is 0.0463. The van der Waals surface area contributed by atoms with Crippen LogP contribution < -0.4 is 9.44 Å². The van der Waals surface area contributed by atoms with E-state index in [1.54, 1.807) is 12.1 Å². The minimum atomic E-state index is -3.79. The Hall–Kier alpha value is -2.84. The summed E-state index contributed by atoms with van der Waals surface area (Å²) in [7, 11) is -7.42. The maximum atomic E-state index is 12.7. The summed E-state index contributed by atoms with van der Waals surface area (Å²) in [6.45, 7) is 5.60. The molecule has 0 fully saturated rings. The van der Waals surface area contributed by atoms with E-state index < -0.39 is 20.0 Å². The Morgan fingerprint density at radius 3 is 2.07 bits per heavy atom. The number of benzene rings is 3. The monoisotopic (exact) mass is 444 g/mol. The lowest BCUT2D eigenvalue weighted by molar-refractivity contribution is 0.599. The number of hydrogen-bond donors (Lipinski definition) is 2. The first-order valence-electron chi connectivity index (χ1n) is 9.30. The molecule has 3 rings (SSSR count). The summed E-state index contributed by atoms with van der Waals surface area (Å²) in [5.41, 5.74) is 4.22. The van der Waals surface area contributed by atoms with Crippen LogP contribution in [0.5, 0.6) is 0 Å². The van der Waals surface area contributed by atoms with Crippen LogP contribution in [-0.2, 0) is 25.8 Å². The molecule has 0 aliphatic carbocycles. The van der Waals surface area contributed by atoms with Gasteiger partial charge in [0.05, 0.1) is 16.3 Å². The van der Waals surface area contributed by atoms with Gasteiger partial charge in [-0.1, -0.05) is 42.0 Å². The lowest BCUT2D eigenvalue weighted by atomic mass is 10.1. The fourth-order valence-electron chi connectivity index (χ4n) is 2.99. The van der Waals surface area contributed by atoms with E-state index in [0.717, 1.165) is 16.7 Å². The molecule has 0 amide bonds. The van der Waals surface area contributed by atoms with Crippen LogP contribution in [0.25, 0.3) is 0 Å². The molecule has 8 heteroatoms. The number of anilines is 2. The van der Waals surface area contributed by atoms with E-state index in [1.807, 2.05) is 51.1 Å². The van der Waals surface area contributed by atoms with E-state index in [0.29, 0.717) is 16.9 Å². The highest BCUT2D eigenvalue weighted by Gasteiger charge is 2.17. The highest BCUT2D eigenvalue weighted by molar-refractivity contribution is 7.92. The van der Waals surface area contributed by atoms with Gasteiger partial charge in [-0.15, -0.1) is 0 Å². The Balaban J connectivity index is 1.74. The molecule has 2 N–H and O–H groups in total. The maximum Gasteiger partial charge on any atom is 0.261 e. The quantitative estimate of drug-likeness (QED) is 0.566. The summed E-state index contributed by atoms with van der Waals surface area (Å²) in [5, 5.41) is 0. The summed E-state index contributed by atoms with van der Waals surface area (Å²) in [5.74, 6) is -0.164. The van der Waals surface area contributed by atoms with Gasteiger partial charge >= 0.3 is 0 Å². The van der Waals surface area contributed by atoms with Gasteiger partial charge < -0.3 is 0 Å². The molecule has 0 saturated carbocycles. The molecule has 0 spiro atoms. The fraction of sp³-hybridized carbons (Fsp3) is 0.182. The summed E-state index contributed by atoms with van der Waals surface area (Å²) < 4.78 is 55.3. The minimum Gasteiger partial charge on any atom is -0.283 e. The van der Waals surface area contributed by atoms with Crippen molar-refractivity contribution in [3.8, 4) is 0 Å². The van der Waals surface area contributed by atoms with Crippen LogP contribution >= 0.6 is 0 Å². The molecule has 158 valence electrons. The van der Waals surface area contributed by atoms with Crippen LogP contribution in [0.1, 0.15) is 22.3 Å². The number of rotatable bonds is 7. The largest absolute Gasteiger partial charge is 0.283 e. The molecular formula is C22H24N2O4S2. The lowest BCUT2D eigenvalue weighted by Crippen LogP contribution is -2.16. The van der Waals surface area contributed by atoms with E-state index in [4.69, 9.17) is 0 Å². The Kier molecular flexibility index (Phi) is 6.19. The van der Waals surface area contributed by atoms with E-state index >= 15 is 0 Å². The second-order valence-electron chi connectivity index (χ2n) is 7.30. The normalized spacial score (nSPS) is 11.8. The van der Waals surface area contributed by atoms with Crippen molar-refractivity contribution in [2.75, 3.05) is 9.44 Å². The van der Waals surface area contributed by atoms with Crippen LogP contribution in [-0.4, -0.2) is 16.8 Å². The van der Waals surface area contributed by atoms with Gasteiger partial charge in [0, 0.05) is 5.69 Å². The van der Waals surface area contributed by atoms with Gasteiger partial charge in [-0.25, -0.2) is 16.8 Å². The molecule has 6 nitrogen and oxygen atoms in total. The van der Waals surface area contributed by atoms with Gasteiger partial charge in [0.25, 0.3) is 10.0 Å². The zero-order valence-corrected chi connectivity index (χ0v) is 18.6. The minimum absolute atomic E-state index is 0.0463. The third kappa shape index (κ3) is 5.61. The first-order valence-corrected chi connectivity index (χ1v) is 12.4. The van der Waals surface area contributed by atoms with Crippen molar-refractivity contribution < 1.29 is 16.8 Å². The van der Waals surface area contributed by atoms with Gasteiger partial charge in [-0.2, -0.15) is 0 Å². The van der Waals surface area contributed by atoms with Gasteiger partial charge in [-0.3, -0.25) is 9.44 Å². The van der Waals surface area contributed by atoms with Gasteiger partial charge in [0.1, 0.15) is 0 Å². The zero-order chi connectivity index (χ0) is 21.9. The predicted molar refractivity (Wildman–Crippen MR) is 121 cm³/mol. The molecule has 0 aliphatic rings. The molecule has 0 aliphatic heterocycles. The molecule has 0 radical (unpaired) electrons. The van der Waals surface area contributed by atoms with Crippen molar-refractivity contribution >= 4 is 31.4 Å². The van der Waals surface area contributed by atoms with Gasteiger partial charge in [-0.05, 0) is 67.8 Å². The van der Waals surface area contributed by atoms with Crippen molar-refractivity contribution in [1.29, 1.82) is 0 Å². The number of aryl methyl sites for hydroxylation is 3. The third-order valence-electron chi connectivity index (χ3n) is 4.51. The Labute approximate surface area is 178 Å². The molecule has 0 bridgehead atoms. The average Bonchev–Trinajstić information content (AvgIpc) is 2.64. The van der Waals surface area contributed by atoms with Crippen molar-refractivity contribution in [1.82, 2.24) is 0 Å². The van der Waals surface area contributed by atoms with Crippen molar-refractivity contribution in [2.45, 2.75) is 31.4 Å². The SMILES string of the molecule is Cc1cccc(CS(=O)(=O)Nc2ccc(S(=O)(=O)Nc3cc(C)ccc3C)cc2)c1. The second-order valence-corrected chi connectivity index (χ2v) is 10.7. The summed E-state index contributed by atoms with van der Waals surface area (Å²) in [6, 6.07) is 18.4. The van der Waals surface area contributed by atoms with E-state index in [-0.39, 0.29) is 10.6 Å². The molecule has 0 unspecified atom stereocenters. The molecule has 0 saturated heterocycles. The van der Waals surface area contributed by atoms with E-state index in [2.05, 4.69) is 9.44 Å². The van der Waals surface area contributed by atoms with Crippen molar-refractivity contribution in [2.24, 2.45) is 0 Å². The molecule has 0 heterocycles. The fourth-order valence-corrected chi connectivity index (χ4v) is 5.30. The van der Waals surface area contributed by atoms with Gasteiger partial charge in [0.2, 0.25) is 10.0 Å². The molecule has 3 aromatic carbocycles. The van der Waals surface area contributed by atoms with Crippen LogP contribution in [0, 0.1) is 20.8 Å². The number of sulfonamides is 2. The van der Waals surface area contributed by atoms with Crippen LogP contribution in [0.4, 0.5) is 11.4 Å². The predicted octanol–water partition coefficient (Wildman–Crippen LogP) is 4.35. The van der Waals surface area contributed by atoms with Crippen LogP contribution in [0.15, 0.2) is 71.6 Å². The molecular weight excluding hydrogens is 420 g/mol. The highest BCUT2D eigenvalue weighted by Crippen LogP contribution is 2.22. The van der Waals surface area contributed by atoms with E-state index in [9.17, 15) is 16.8 Å². The Morgan fingerprint density at radius 2 is 1.40 bits per heavy atom. The zero-order valence-electron chi connectivity index (χ0n) is 17.0. The van der Waals surface area contributed by atoms with Crippen molar-refractivity contribution in [3.05, 3.63) is 89.0 Å². The summed E-state index contributed by atoms with van der Waals surface area (Å²) >= 11 is 0. The van der Waals surface area contributed by atoms with Crippen LogP contribution in [0.2, 0.25) is 0 Å². The van der Waals surface area contributed by atoms with Crippen LogP contribution in [0.3, 0.4) is 0 Å². The highest BCUT2D eigenvalue weighted by atomic mass is 32.2. The maximum absolute atomic E-state index is 12.7. The standard InChI is InChI=1S/C22H24N2O4S2/c1-16-5-4-6-19(13-16)15-29(25,26)23-20-9-11-21(12-10-20)30(27,28)24-22-14-17(2)7-8-18(22)3/h4-14,23-24H,15H2,1-3H3. The average molecular weight is 445 g/mol. The van der Waals surface area contributed by atoms with Crippen molar-refractivity contribution in [3.63, 3.8) is 0 Å². The molecule has 30 heavy (non-hydrogen) atoms. The Morgan fingerprint density at radius 1 is 0.733 bits per heavy atom. The third-order valence-corrected chi connectivity index (χ3v) is 7.16. The smallest absolute Gasteiger partial charge is 0.261 e. The second kappa shape index (κ2) is 8.49. The molecule has 0 atom stereocenters. The molecule has 3 aromatic rings. The summed E-state index contributed by atoms with van der Waals surface area (Å²) in [6.07, 6.45) is 0. The molecule has 0 aromatic heterocycles. The first-order chi connectivity index (χ1) is 14.0. The van der Waals surface area contributed by atoms with Gasteiger partial charge in [0.15, 0.2) is 0 Å². The Bertz CT molecular complexity index is 1270.